The van der Waals surface area contributed by atoms with Crippen molar-refractivity contribution in [3.8, 4) is 5.75 Å². The fourth-order valence-corrected chi connectivity index (χ4v) is 4.52. The first-order valence-corrected chi connectivity index (χ1v) is 10.5. The van der Waals surface area contributed by atoms with E-state index in [0.29, 0.717) is 0 Å². The van der Waals surface area contributed by atoms with Crippen molar-refractivity contribution in [2.24, 2.45) is 5.41 Å². The van der Waals surface area contributed by atoms with Crippen LogP contribution in [-0.2, 0) is 4.79 Å². The second-order valence-electron chi connectivity index (χ2n) is 9.03. The number of piperazine rings is 1. The van der Waals surface area contributed by atoms with Crippen molar-refractivity contribution in [2.75, 3.05) is 44.2 Å². The van der Waals surface area contributed by atoms with Crippen molar-refractivity contribution in [3.05, 3.63) is 60.2 Å². The minimum absolute atomic E-state index is 0.203. The summed E-state index contributed by atoms with van der Waals surface area (Å²) in [6, 6.07) is 17.4. The molecule has 2 aromatic carbocycles. The van der Waals surface area contributed by atoms with Crippen LogP contribution in [0.2, 0.25) is 0 Å². The smallest absolute Gasteiger partial charge is 0.244 e. The molecule has 2 heterocycles. The van der Waals surface area contributed by atoms with E-state index in [2.05, 4.69) is 40.7 Å². The molecule has 0 radical (unpaired) electrons. The number of nitrogens with zero attached hydrogens (tertiary/aromatic N) is 3. The number of carbonyl (C=O) groups excluding carboxylic acids is 1. The summed E-state index contributed by atoms with van der Waals surface area (Å²) in [7, 11) is 0. The highest BCUT2D eigenvalue weighted by Gasteiger charge is 2.38. The topological polar surface area (TPSA) is 47.0 Å². The number of phenols is 1. The maximum Gasteiger partial charge on any atom is 0.244 e. The van der Waals surface area contributed by atoms with Gasteiger partial charge in [0.15, 0.2) is 0 Å². The fraction of sp³-hybridized carbons (Fsp3) is 0.458. The first kappa shape index (κ1) is 19.8. The number of anilines is 1. The molecular formula is C24H31N3O2. The van der Waals surface area contributed by atoms with Crippen molar-refractivity contribution >= 4 is 11.6 Å². The van der Waals surface area contributed by atoms with Crippen LogP contribution >= 0.6 is 0 Å². The monoisotopic (exact) mass is 393 g/mol. The van der Waals surface area contributed by atoms with Crippen molar-refractivity contribution in [2.45, 2.75) is 26.3 Å². The lowest BCUT2D eigenvalue weighted by atomic mass is 9.93. The van der Waals surface area contributed by atoms with E-state index in [1.54, 1.807) is 12.1 Å². The predicted molar refractivity (Wildman–Crippen MR) is 116 cm³/mol. The zero-order valence-corrected chi connectivity index (χ0v) is 17.4. The Balaban J connectivity index is 1.50. The number of benzene rings is 2. The highest BCUT2D eigenvalue weighted by molar-refractivity contribution is 5.83. The van der Waals surface area contributed by atoms with Crippen LogP contribution in [0.3, 0.4) is 0 Å². The van der Waals surface area contributed by atoms with Gasteiger partial charge in [-0.15, -0.1) is 0 Å². The van der Waals surface area contributed by atoms with Gasteiger partial charge in [-0.25, -0.2) is 0 Å². The number of rotatable bonds is 4. The van der Waals surface area contributed by atoms with Crippen molar-refractivity contribution in [1.29, 1.82) is 0 Å². The first-order chi connectivity index (χ1) is 13.9. The second kappa shape index (κ2) is 8.07. The molecule has 4 rings (SSSR count). The van der Waals surface area contributed by atoms with Crippen LogP contribution in [0.5, 0.6) is 5.75 Å². The highest BCUT2D eigenvalue weighted by Crippen LogP contribution is 2.33. The number of carbonyl (C=O) groups is 1. The lowest BCUT2D eigenvalue weighted by molar-refractivity contribution is -0.136. The number of phenolic OH excluding ortho intramolecular Hbond substituents is 1. The molecule has 2 aromatic rings. The summed E-state index contributed by atoms with van der Waals surface area (Å²) >= 11 is 0. The van der Waals surface area contributed by atoms with E-state index in [-0.39, 0.29) is 23.1 Å². The molecule has 1 amide bonds. The molecule has 5 heteroatoms. The van der Waals surface area contributed by atoms with Gasteiger partial charge in [-0.2, -0.15) is 0 Å². The summed E-state index contributed by atoms with van der Waals surface area (Å²) in [6.07, 6.45) is 1.06. The molecule has 0 spiro atoms. The van der Waals surface area contributed by atoms with E-state index >= 15 is 0 Å². The minimum Gasteiger partial charge on any atom is -0.508 e. The average molecular weight is 394 g/mol. The molecule has 1 unspecified atom stereocenters. The minimum atomic E-state index is -0.216. The number of amides is 1. The molecule has 0 bridgehead atoms. The number of aromatic hydroxyl groups is 1. The van der Waals surface area contributed by atoms with Crippen LogP contribution in [0.25, 0.3) is 0 Å². The van der Waals surface area contributed by atoms with Gasteiger partial charge in [-0.1, -0.05) is 44.2 Å². The Morgan fingerprint density at radius 3 is 2.17 bits per heavy atom. The Morgan fingerprint density at radius 1 is 0.931 bits per heavy atom. The molecule has 154 valence electrons. The zero-order chi connectivity index (χ0) is 20.4. The van der Waals surface area contributed by atoms with Gasteiger partial charge in [0.25, 0.3) is 0 Å². The average Bonchev–Trinajstić information content (AvgIpc) is 3.10. The van der Waals surface area contributed by atoms with Crippen LogP contribution in [0.15, 0.2) is 54.6 Å². The molecule has 2 fully saturated rings. The molecule has 0 saturated carbocycles. The number of hydrogen-bond donors (Lipinski definition) is 1. The maximum absolute atomic E-state index is 13.6. The Kier molecular flexibility index (Phi) is 5.50. The number of hydrogen-bond acceptors (Lipinski definition) is 4. The SMILES string of the molecule is CC1(C)CCN(C(=O)C(c2ccccc2)N2CCN(c3ccc(O)cc3)CC2)C1. The van der Waals surface area contributed by atoms with Crippen molar-refractivity contribution in [1.82, 2.24) is 9.80 Å². The summed E-state index contributed by atoms with van der Waals surface area (Å²) in [6.45, 7) is 9.58. The molecule has 0 aliphatic carbocycles. The molecule has 5 nitrogen and oxygen atoms in total. The lowest BCUT2D eigenvalue weighted by Gasteiger charge is -2.41. The van der Waals surface area contributed by atoms with Crippen LogP contribution < -0.4 is 4.90 Å². The molecule has 1 atom stereocenters. The van der Waals surface area contributed by atoms with E-state index in [4.69, 9.17) is 0 Å². The lowest BCUT2D eigenvalue weighted by Crippen LogP contribution is -2.51. The summed E-state index contributed by atoms with van der Waals surface area (Å²) in [5, 5.41) is 9.53. The molecule has 29 heavy (non-hydrogen) atoms. The van der Waals surface area contributed by atoms with E-state index in [9.17, 15) is 9.90 Å². The largest absolute Gasteiger partial charge is 0.508 e. The van der Waals surface area contributed by atoms with Crippen molar-refractivity contribution in [3.63, 3.8) is 0 Å². The molecular weight excluding hydrogens is 362 g/mol. The number of likely N-dealkylation sites (tertiary alicyclic amines) is 1. The predicted octanol–water partition coefficient (Wildman–Crippen LogP) is 3.51. The Hall–Kier alpha value is -2.53. The van der Waals surface area contributed by atoms with Gasteiger partial charge >= 0.3 is 0 Å². The molecule has 0 aromatic heterocycles. The molecule has 2 aliphatic rings. The highest BCUT2D eigenvalue weighted by atomic mass is 16.3. The third-order valence-corrected chi connectivity index (χ3v) is 6.23. The first-order valence-electron chi connectivity index (χ1n) is 10.5. The van der Waals surface area contributed by atoms with Crippen LogP contribution in [0.1, 0.15) is 31.9 Å². The third-order valence-electron chi connectivity index (χ3n) is 6.23. The Labute approximate surface area is 173 Å². The third kappa shape index (κ3) is 4.40. The van der Waals surface area contributed by atoms with Gasteiger partial charge in [0, 0.05) is 45.0 Å². The van der Waals surface area contributed by atoms with Gasteiger partial charge in [0.1, 0.15) is 11.8 Å². The molecule has 1 N–H and O–H groups in total. The van der Waals surface area contributed by atoms with E-state index in [0.717, 1.165) is 56.9 Å². The normalized spacial score (nSPS) is 20.6. The van der Waals surface area contributed by atoms with E-state index < -0.39 is 0 Å². The van der Waals surface area contributed by atoms with Gasteiger partial charge in [-0.05, 0) is 41.7 Å². The van der Waals surface area contributed by atoms with Crippen molar-refractivity contribution < 1.29 is 9.90 Å². The summed E-state index contributed by atoms with van der Waals surface area (Å²) < 4.78 is 0. The Morgan fingerprint density at radius 2 is 1.59 bits per heavy atom. The van der Waals surface area contributed by atoms with Crippen LogP contribution in [-0.4, -0.2) is 60.1 Å². The van der Waals surface area contributed by atoms with Gasteiger partial charge in [0.05, 0.1) is 0 Å². The van der Waals surface area contributed by atoms with E-state index in [1.807, 2.05) is 30.3 Å². The van der Waals surface area contributed by atoms with Crippen LogP contribution in [0.4, 0.5) is 5.69 Å². The zero-order valence-electron chi connectivity index (χ0n) is 17.4. The van der Waals surface area contributed by atoms with Gasteiger partial charge < -0.3 is 14.9 Å². The van der Waals surface area contributed by atoms with E-state index in [1.165, 1.54) is 0 Å². The summed E-state index contributed by atoms with van der Waals surface area (Å²) in [4.78, 5) is 20.3. The standard InChI is InChI=1S/C24H31N3O2/c1-24(2)12-13-27(18-24)23(29)22(19-6-4-3-5-7-19)26-16-14-25(15-17-26)20-8-10-21(28)11-9-20/h3-11,22,28H,12-18H2,1-2H3. The molecule has 2 aliphatic heterocycles. The van der Waals surface area contributed by atoms with Gasteiger partial charge in [-0.3, -0.25) is 9.69 Å². The molecule has 2 saturated heterocycles. The van der Waals surface area contributed by atoms with Crippen LogP contribution in [0, 0.1) is 5.41 Å². The Bertz CT molecular complexity index is 827. The van der Waals surface area contributed by atoms with Gasteiger partial charge in [0.2, 0.25) is 5.91 Å². The quantitative estimate of drug-likeness (QED) is 0.864. The second-order valence-corrected chi connectivity index (χ2v) is 9.03. The summed E-state index contributed by atoms with van der Waals surface area (Å²) in [5.74, 6) is 0.524. The maximum atomic E-state index is 13.6. The summed E-state index contributed by atoms with van der Waals surface area (Å²) in [5.41, 5.74) is 2.40. The fourth-order valence-electron chi connectivity index (χ4n) is 4.52.